The third-order valence-corrected chi connectivity index (χ3v) is 3.49. The number of amides is 1. The Kier molecular flexibility index (Phi) is 7.59. The molecule has 20 heavy (non-hydrogen) atoms. The highest BCUT2D eigenvalue weighted by Crippen LogP contribution is 2.17. The third kappa shape index (κ3) is 5.90. The number of methoxy groups -OCH3 is 1. The molecule has 0 radical (unpaired) electrons. The van der Waals surface area contributed by atoms with Crippen LogP contribution in [-0.2, 0) is 16.0 Å². The fraction of sp³-hybridized carbons (Fsp3) is 0.533. The molecule has 1 atom stereocenters. The van der Waals surface area contributed by atoms with Crippen LogP contribution >= 0.6 is 11.6 Å². The van der Waals surface area contributed by atoms with Crippen LogP contribution in [0.25, 0.3) is 0 Å². The van der Waals surface area contributed by atoms with Crippen molar-refractivity contribution in [3.63, 3.8) is 0 Å². The molecule has 1 aromatic rings. The summed E-state index contributed by atoms with van der Waals surface area (Å²) < 4.78 is 5.01. The van der Waals surface area contributed by atoms with Crippen LogP contribution in [0.3, 0.4) is 0 Å². The van der Waals surface area contributed by atoms with E-state index in [1.165, 1.54) is 0 Å². The summed E-state index contributed by atoms with van der Waals surface area (Å²) in [5, 5.41) is 12.5. The second-order valence-corrected chi connectivity index (χ2v) is 5.22. The van der Waals surface area contributed by atoms with Gasteiger partial charge in [0, 0.05) is 25.2 Å². The molecular formula is C15H22ClNO3. The van der Waals surface area contributed by atoms with E-state index in [-0.39, 0.29) is 18.6 Å². The van der Waals surface area contributed by atoms with Crippen molar-refractivity contribution in [2.75, 3.05) is 20.3 Å². The first kappa shape index (κ1) is 17.0. The highest BCUT2D eigenvalue weighted by Gasteiger charge is 2.11. The maximum Gasteiger partial charge on any atom is 0.220 e. The van der Waals surface area contributed by atoms with Crippen molar-refractivity contribution in [3.8, 4) is 0 Å². The maximum atomic E-state index is 11.8. The predicted octanol–water partition coefficient (Wildman–Crippen LogP) is 2.09. The number of nitrogens with one attached hydrogen (secondary N) is 1. The fourth-order valence-electron chi connectivity index (χ4n) is 1.90. The highest BCUT2D eigenvalue weighted by molar-refractivity contribution is 6.31. The summed E-state index contributed by atoms with van der Waals surface area (Å²) in [7, 11) is 1.57. The van der Waals surface area contributed by atoms with Crippen molar-refractivity contribution >= 4 is 17.5 Å². The molecule has 2 N–H and O–H groups in total. The van der Waals surface area contributed by atoms with E-state index in [2.05, 4.69) is 5.32 Å². The summed E-state index contributed by atoms with van der Waals surface area (Å²) in [6.45, 7) is 2.38. The minimum atomic E-state index is -0.140. The van der Waals surface area contributed by atoms with Gasteiger partial charge in [0.25, 0.3) is 0 Å². The minimum Gasteiger partial charge on any atom is -0.396 e. The van der Waals surface area contributed by atoms with Gasteiger partial charge in [-0.15, -0.1) is 0 Å². The lowest BCUT2D eigenvalue weighted by atomic mass is 10.1. The van der Waals surface area contributed by atoms with E-state index in [0.29, 0.717) is 25.9 Å². The van der Waals surface area contributed by atoms with Crippen molar-refractivity contribution in [2.24, 2.45) is 0 Å². The van der Waals surface area contributed by atoms with Gasteiger partial charge < -0.3 is 15.2 Å². The third-order valence-electron chi connectivity index (χ3n) is 3.09. The Morgan fingerprint density at radius 1 is 1.50 bits per heavy atom. The van der Waals surface area contributed by atoms with Crippen molar-refractivity contribution < 1.29 is 14.6 Å². The molecule has 0 heterocycles. The van der Waals surface area contributed by atoms with Crippen LogP contribution in [0.1, 0.15) is 24.0 Å². The van der Waals surface area contributed by atoms with E-state index in [4.69, 9.17) is 21.4 Å². The molecule has 0 fully saturated rings. The quantitative estimate of drug-likeness (QED) is 0.773. The molecule has 0 aliphatic rings. The van der Waals surface area contributed by atoms with Gasteiger partial charge in [0.1, 0.15) is 0 Å². The Labute approximate surface area is 125 Å². The molecule has 0 aliphatic carbocycles. The van der Waals surface area contributed by atoms with E-state index < -0.39 is 0 Å². The van der Waals surface area contributed by atoms with Crippen LogP contribution in [-0.4, -0.2) is 37.4 Å². The van der Waals surface area contributed by atoms with Crippen LogP contribution in [0.15, 0.2) is 18.2 Å². The number of ether oxygens (including phenoxy) is 1. The van der Waals surface area contributed by atoms with Gasteiger partial charge in [0.2, 0.25) is 5.91 Å². The fourth-order valence-corrected chi connectivity index (χ4v) is 2.11. The van der Waals surface area contributed by atoms with Gasteiger partial charge in [0.05, 0.1) is 12.6 Å². The number of hydrogen-bond donors (Lipinski definition) is 2. The lowest BCUT2D eigenvalue weighted by molar-refractivity contribution is -0.122. The van der Waals surface area contributed by atoms with E-state index in [1.54, 1.807) is 7.11 Å². The van der Waals surface area contributed by atoms with Gasteiger partial charge in [-0.3, -0.25) is 4.79 Å². The maximum absolute atomic E-state index is 11.8. The number of halogens is 1. The topological polar surface area (TPSA) is 58.6 Å². The first-order chi connectivity index (χ1) is 9.56. The summed E-state index contributed by atoms with van der Waals surface area (Å²) in [6.07, 6.45) is 1.53. The normalized spacial score (nSPS) is 12.2. The number of carbonyl (C=O) groups excluding carboxylic acids is 1. The number of hydrogen-bond acceptors (Lipinski definition) is 3. The molecule has 1 rings (SSSR count). The molecule has 1 amide bonds. The van der Waals surface area contributed by atoms with Crippen LogP contribution in [0.2, 0.25) is 5.02 Å². The predicted molar refractivity (Wildman–Crippen MR) is 80.0 cm³/mol. The summed E-state index contributed by atoms with van der Waals surface area (Å²) in [5.74, 6) is -0.0443. The summed E-state index contributed by atoms with van der Waals surface area (Å²) in [6, 6.07) is 5.69. The van der Waals surface area contributed by atoms with Gasteiger partial charge in [-0.25, -0.2) is 0 Å². The second kappa shape index (κ2) is 8.95. The monoisotopic (exact) mass is 299 g/mol. The number of carbonyl (C=O) groups is 1. The smallest absolute Gasteiger partial charge is 0.220 e. The Morgan fingerprint density at radius 3 is 2.85 bits per heavy atom. The van der Waals surface area contributed by atoms with E-state index in [9.17, 15) is 4.79 Å². The molecule has 1 unspecified atom stereocenters. The zero-order valence-corrected chi connectivity index (χ0v) is 12.7. The number of rotatable bonds is 8. The zero-order valence-electron chi connectivity index (χ0n) is 12.0. The molecule has 1 aromatic carbocycles. The molecule has 0 spiro atoms. The van der Waals surface area contributed by atoms with Crippen LogP contribution < -0.4 is 5.32 Å². The zero-order chi connectivity index (χ0) is 15.0. The van der Waals surface area contributed by atoms with Gasteiger partial charge in [-0.05, 0) is 37.0 Å². The number of aryl methyl sites for hydroxylation is 2. The van der Waals surface area contributed by atoms with Gasteiger partial charge in [-0.1, -0.05) is 23.7 Å². The van der Waals surface area contributed by atoms with Crippen molar-refractivity contribution in [3.05, 3.63) is 34.3 Å². The molecule has 0 aromatic heterocycles. The van der Waals surface area contributed by atoms with Gasteiger partial charge in [0.15, 0.2) is 0 Å². The van der Waals surface area contributed by atoms with E-state index in [0.717, 1.165) is 16.1 Å². The van der Waals surface area contributed by atoms with Crippen molar-refractivity contribution in [2.45, 2.75) is 32.2 Å². The van der Waals surface area contributed by atoms with Crippen molar-refractivity contribution in [1.29, 1.82) is 0 Å². The molecule has 0 bridgehead atoms. The van der Waals surface area contributed by atoms with E-state index in [1.807, 2.05) is 25.1 Å². The Balaban J connectivity index is 2.43. The van der Waals surface area contributed by atoms with Gasteiger partial charge >= 0.3 is 0 Å². The Hall–Kier alpha value is -1.10. The first-order valence-electron chi connectivity index (χ1n) is 6.71. The number of benzene rings is 1. The van der Waals surface area contributed by atoms with Crippen LogP contribution in [0, 0.1) is 6.92 Å². The first-order valence-corrected chi connectivity index (χ1v) is 7.08. The highest BCUT2D eigenvalue weighted by atomic mass is 35.5. The standard InChI is InChI=1S/C15H22ClNO3/c1-11-3-4-12(9-14(11)16)5-6-15(19)17-13(7-8-18)10-20-2/h3-4,9,13,18H,5-8,10H2,1-2H3,(H,17,19). The summed E-state index contributed by atoms with van der Waals surface area (Å²) >= 11 is 6.05. The van der Waals surface area contributed by atoms with E-state index >= 15 is 0 Å². The van der Waals surface area contributed by atoms with Crippen LogP contribution in [0.5, 0.6) is 0 Å². The molecule has 0 saturated heterocycles. The summed E-state index contributed by atoms with van der Waals surface area (Å²) in [5.41, 5.74) is 2.07. The number of aliphatic hydroxyl groups is 1. The average molecular weight is 300 g/mol. The molecule has 112 valence electrons. The lowest BCUT2D eigenvalue weighted by Gasteiger charge is -2.16. The number of aliphatic hydroxyl groups excluding tert-OH is 1. The Morgan fingerprint density at radius 2 is 2.25 bits per heavy atom. The molecule has 4 nitrogen and oxygen atoms in total. The van der Waals surface area contributed by atoms with Crippen molar-refractivity contribution in [1.82, 2.24) is 5.32 Å². The Bertz CT molecular complexity index is 431. The van der Waals surface area contributed by atoms with Gasteiger partial charge in [-0.2, -0.15) is 0 Å². The molecule has 0 saturated carbocycles. The second-order valence-electron chi connectivity index (χ2n) is 4.82. The minimum absolute atomic E-state index is 0.0296. The molecular weight excluding hydrogens is 278 g/mol. The SMILES string of the molecule is COCC(CCO)NC(=O)CCc1ccc(C)c(Cl)c1. The molecule has 0 aliphatic heterocycles. The van der Waals surface area contributed by atoms with Crippen LogP contribution in [0.4, 0.5) is 0 Å². The molecule has 5 heteroatoms. The largest absolute Gasteiger partial charge is 0.396 e. The average Bonchev–Trinajstić information content (AvgIpc) is 2.41. The lowest BCUT2D eigenvalue weighted by Crippen LogP contribution is -2.38. The summed E-state index contributed by atoms with van der Waals surface area (Å²) in [4.78, 5) is 11.8.